The van der Waals surface area contributed by atoms with Gasteiger partial charge in [0.25, 0.3) is 5.91 Å². The standard InChI is InChI=1S/C21H27N3O2/c25-17-19-10-4-11-20(22-19)21(26)24-14-6-13-23(15-16-24)12-5-9-18-7-2-1-3-8-18/h1-4,7-8,10-11,25H,5-6,9,12-17H2. The predicted molar refractivity (Wildman–Crippen MR) is 102 cm³/mol. The molecule has 2 aromatic rings. The predicted octanol–water partition coefficient (Wildman–Crippen LogP) is 2.35. The van der Waals surface area contributed by atoms with Crippen molar-refractivity contribution in [2.75, 3.05) is 32.7 Å². The number of aromatic nitrogens is 1. The van der Waals surface area contributed by atoms with Gasteiger partial charge < -0.3 is 14.9 Å². The van der Waals surface area contributed by atoms with Gasteiger partial charge >= 0.3 is 0 Å². The summed E-state index contributed by atoms with van der Waals surface area (Å²) >= 11 is 0. The van der Waals surface area contributed by atoms with E-state index < -0.39 is 0 Å². The molecule has 26 heavy (non-hydrogen) atoms. The lowest BCUT2D eigenvalue weighted by atomic mass is 10.1. The molecule has 2 heterocycles. The highest BCUT2D eigenvalue weighted by molar-refractivity contribution is 5.92. The third-order valence-corrected chi connectivity index (χ3v) is 4.85. The second-order valence-electron chi connectivity index (χ2n) is 6.75. The Morgan fingerprint density at radius 2 is 1.85 bits per heavy atom. The van der Waals surface area contributed by atoms with Crippen molar-refractivity contribution in [2.45, 2.75) is 25.9 Å². The maximum absolute atomic E-state index is 12.7. The molecule has 1 aliphatic heterocycles. The molecule has 0 radical (unpaired) electrons. The van der Waals surface area contributed by atoms with Crippen molar-refractivity contribution in [3.05, 3.63) is 65.5 Å². The summed E-state index contributed by atoms with van der Waals surface area (Å²) in [6, 6.07) is 15.8. The maximum Gasteiger partial charge on any atom is 0.272 e. The van der Waals surface area contributed by atoms with Crippen LogP contribution < -0.4 is 0 Å². The number of aliphatic hydroxyl groups is 1. The van der Waals surface area contributed by atoms with Crippen LogP contribution in [0.15, 0.2) is 48.5 Å². The molecule has 5 nitrogen and oxygen atoms in total. The van der Waals surface area contributed by atoms with Gasteiger partial charge in [0.05, 0.1) is 12.3 Å². The Bertz CT molecular complexity index is 705. The van der Waals surface area contributed by atoms with E-state index in [1.165, 1.54) is 5.56 Å². The zero-order chi connectivity index (χ0) is 18.2. The topological polar surface area (TPSA) is 56.7 Å². The Morgan fingerprint density at radius 3 is 2.65 bits per heavy atom. The summed E-state index contributed by atoms with van der Waals surface area (Å²) in [5.41, 5.74) is 2.34. The van der Waals surface area contributed by atoms with Gasteiger partial charge in [-0.1, -0.05) is 36.4 Å². The van der Waals surface area contributed by atoms with Crippen molar-refractivity contribution < 1.29 is 9.90 Å². The molecule has 0 atom stereocenters. The summed E-state index contributed by atoms with van der Waals surface area (Å²) in [7, 11) is 0. The van der Waals surface area contributed by atoms with E-state index in [0.717, 1.165) is 52.0 Å². The van der Waals surface area contributed by atoms with E-state index in [1.54, 1.807) is 18.2 Å². The van der Waals surface area contributed by atoms with Crippen LogP contribution in [0.4, 0.5) is 0 Å². The summed E-state index contributed by atoms with van der Waals surface area (Å²) in [4.78, 5) is 21.3. The van der Waals surface area contributed by atoms with Crippen molar-refractivity contribution in [3.8, 4) is 0 Å². The van der Waals surface area contributed by atoms with E-state index in [2.05, 4.69) is 40.2 Å². The Hall–Kier alpha value is -2.24. The van der Waals surface area contributed by atoms with Crippen LogP contribution in [-0.4, -0.2) is 58.5 Å². The van der Waals surface area contributed by atoms with Crippen LogP contribution in [-0.2, 0) is 13.0 Å². The molecule has 1 aromatic carbocycles. The molecule has 0 aliphatic carbocycles. The SMILES string of the molecule is O=C(c1cccc(CO)n1)N1CCCN(CCCc2ccccc2)CC1. The van der Waals surface area contributed by atoms with Gasteiger partial charge in [-0.15, -0.1) is 0 Å². The van der Waals surface area contributed by atoms with Crippen molar-refractivity contribution in [3.63, 3.8) is 0 Å². The zero-order valence-corrected chi connectivity index (χ0v) is 15.2. The number of hydrogen-bond donors (Lipinski definition) is 1. The minimum Gasteiger partial charge on any atom is -0.390 e. The molecule has 1 aliphatic rings. The largest absolute Gasteiger partial charge is 0.390 e. The first kappa shape index (κ1) is 18.5. The fraction of sp³-hybridized carbons (Fsp3) is 0.429. The van der Waals surface area contributed by atoms with E-state index in [9.17, 15) is 9.90 Å². The third kappa shape index (κ3) is 5.13. The van der Waals surface area contributed by atoms with Gasteiger partial charge in [0, 0.05) is 19.6 Å². The van der Waals surface area contributed by atoms with Crippen molar-refractivity contribution in [1.82, 2.24) is 14.8 Å². The van der Waals surface area contributed by atoms with Gasteiger partial charge in [-0.2, -0.15) is 0 Å². The molecule has 0 bridgehead atoms. The fourth-order valence-electron chi connectivity index (χ4n) is 3.40. The third-order valence-electron chi connectivity index (χ3n) is 4.85. The number of carbonyl (C=O) groups is 1. The summed E-state index contributed by atoms with van der Waals surface area (Å²) in [6.07, 6.45) is 3.21. The molecular formula is C21H27N3O2. The van der Waals surface area contributed by atoms with Gasteiger partial charge in [-0.3, -0.25) is 4.79 Å². The van der Waals surface area contributed by atoms with Gasteiger partial charge in [0.2, 0.25) is 0 Å². The number of aryl methyl sites for hydroxylation is 1. The molecule has 138 valence electrons. The molecule has 0 spiro atoms. The van der Waals surface area contributed by atoms with Crippen LogP contribution in [0.25, 0.3) is 0 Å². The molecule has 0 saturated carbocycles. The summed E-state index contributed by atoms with van der Waals surface area (Å²) in [5.74, 6) is -0.0357. The normalized spacial score (nSPS) is 15.7. The van der Waals surface area contributed by atoms with E-state index in [-0.39, 0.29) is 12.5 Å². The highest BCUT2D eigenvalue weighted by atomic mass is 16.3. The lowest BCUT2D eigenvalue weighted by Gasteiger charge is -2.22. The minimum atomic E-state index is -0.143. The summed E-state index contributed by atoms with van der Waals surface area (Å²) in [6.45, 7) is 4.35. The van der Waals surface area contributed by atoms with Gasteiger partial charge in [-0.05, 0) is 50.0 Å². The molecule has 0 unspecified atom stereocenters. The number of pyridine rings is 1. The first-order valence-electron chi connectivity index (χ1n) is 9.38. The quantitative estimate of drug-likeness (QED) is 0.866. The number of carbonyl (C=O) groups excluding carboxylic acids is 1. The molecule has 1 amide bonds. The Kier molecular flexibility index (Phi) is 6.75. The van der Waals surface area contributed by atoms with Crippen LogP contribution in [0.5, 0.6) is 0 Å². The monoisotopic (exact) mass is 353 g/mol. The molecule has 1 aromatic heterocycles. The lowest BCUT2D eigenvalue weighted by molar-refractivity contribution is 0.0755. The Morgan fingerprint density at radius 1 is 1.00 bits per heavy atom. The highest BCUT2D eigenvalue weighted by Gasteiger charge is 2.21. The van der Waals surface area contributed by atoms with E-state index in [4.69, 9.17) is 0 Å². The van der Waals surface area contributed by atoms with E-state index in [1.807, 2.05) is 4.90 Å². The van der Waals surface area contributed by atoms with Crippen molar-refractivity contribution in [2.24, 2.45) is 0 Å². The molecule has 5 heteroatoms. The van der Waals surface area contributed by atoms with Crippen LogP contribution in [0, 0.1) is 0 Å². The first-order chi connectivity index (χ1) is 12.8. The molecule has 1 saturated heterocycles. The first-order valence-corrected chi connectivity index (χ1v) is 9.38. The molecule has 3 rings (SSSR count). The van der Waals surface area contributed by atoms with Crippen molar-refractivity contribution >= 4 is 5.91 Å². The van der Waals surface area contributed by atoms with E-state index >= 15 is 0 Å². The Labute approximate surface area is 155 Å². The number of aliphatic hydroxyl groups excluding tert-OH is 1. The number of benzene rings is 1. The number of nitrogens with zero attached hydrogens (tertiary/aromatic N) is 3. The van der Waals surface area contributed by atoms with Crippen LogP contribution in [0.1, 0.15) is 34.6 Å². The van der Waals surface area contributed by atoms with Crippen LogP contribution in [0.3, 0.4) is 0 Å². The zero-order valence-electron chi connectivity index (χ0n) is 15.2. The average Bonchev–Trinajstić information content (AvgIpc) is 2.94. The van der Waals surface area contributed by atoms with Crippen molar-refractivity contribution in [1.29, 1.82) is 0 Å². The van der Waals surface area contributed by atoms with Gasteiger partial charge in [0.15, 0.2) is 0 Å². The Balaban J connectivity index is 1.49. The second kappa shape index (κ2) is 9.46. The smallest absolute Gasteiger partial charge is 0.272 e. The lowest BCUT2D eigenvalue weighted by Crippen LogP contribution is -2.36. The molecular weight excluding hydrogens is 326 g/mol. The van der Waals surface area contributed by atoms with Crippen LogP contribution in [0.2, 0.25) is 0 Å². The molecule has 1 N–H and O–H groups in total. The van der Waals surface area contributed by atoms with Gasteiger partial charge in [0.1, 0.15) is 5.69 Å². The molecule has 1 fully saturated rings. The number of rotatable bonds is 6. The fourth-order valence-corrected chi connectivity index (χ4v) is 3.40. The van der Waals surface area contributed by atoms with E-state index in [0.29, 0.717) is 11.4 Å². The minimum absolute atomic E-state index is 0.0357. The summed E-state index contributed by atoms with van der Waals surface area (Å²) < 4.78 is 0. The van der Waals surface area contributed by atoms with Crippen LogP contribution >= 0.6 is 0 Å². The summed E-state index contributed by atoms with van der Waals surface area (Å²) in [5, 5.41) is 9.20. The second-order valence-corrected chi connectivity index (χ2v) is 6.75. The average molecular weight is 353 g/mol. The highest BCUT2D eigenvalue weighted by Crippen LogP contribution is 2.10. The maximum atomic E-state index is 12.7. The number of hydrogen-bond acceptors (Lipinski definition) is 4. The van der Waals surface area contributed by atoms with Gasteiger partial charge in [-0.25, -0.2) is 4.98 Å². The number of amides is 1.